The average molecular weight is 684 g/mol. The molecule has 7 rings (SSSR count). The van der Waals surface area contributed by atoms with E-state index in [1.165, 1.54) is 29.4 Å². The molecule has 5 amide bonds. The molecule has 4 N–H and O–H groups in total. The van der Waals surface area contributed by atoms with Crippen LogP contribution >= 0.6 is 0 Å². The molecule has 3 atom stereocenters. The number of nitrogens with one attached hydrogen (secondary N) is 2. The molecule has 2 saturated heterocycles. The number of fused-ring (bicyclic) bond motifs is 2. The van der Waals surface area contributed by atoms with Crippen LogP contribution in [0.3, 0.4) is 0 Å². The van der Waals surface area contributed by atoms with Crippen molar-refractivity contribution in [3.63, 3.8) is 0 Å². The van der Waals surface area contributed by atoms with Crippen molar-refractivity contribution >= 4 is 60.7 Å². The molecule has 1 aromatic heterocycles. The molecule has 50 heavy (non-hydrogen) atoms. The zero-order valence-corrected chi connectivity index (χ0v) is 26.4. The van der Waals surface area contributed by atoms with Gasteiger partial charge in [0.25, 0.3) is 23.6 Å². The predicted molar refractivity (Wildman–Crippen MR) is 170 cm³/mol. The maximum Gasteiger partial charge on any atom is 0.491 e. The summed E-state index contributed by atoms with van der Waals surface area (Å²) in [5.74, 6) is -3.86. The van der Waals surface area contributed by atoms with Crippen molar-refractivity contribution < 1.29 is 57.4 Å². The summed E-state index contributed by atoms with van der Waals surface area (Å²) in [6.45, 7) is 0.324. The number of hydroxylamine groups is 2. The molecule has 0 saturated carbocycles. The number of benzene rings is 2. The molecule has 18 heteroatoms. The Morgan fingerprint density at radius 1 is 0.920 bits per heavy atom. The molecule has 3 aromatic rings. The molecule has 0 aliphatic carbocycles. The third-order valence-electron chi connectivity index (χ3n) is 9.10. The van der Waals surface area contributed by atoms with Crippen LogP contribution in [0.25, 0.3) is 0 Å². The fourth-order valence-electron chi connectivity index (χ4n) is 6.50. The van der Waals surface area contributed by atoms with E-state index in [1.54, 1.807) is 30.3 Å². The lowest BCUT2D eigenvalue weighted by Gasteiger charge is -2.26. The van der Waals surface area contributed by atoms with Crippen molar-refractivity contribution in [2.75, 3.05) is 6.54 Å². The van der Waals surface area contributed by atoms with Gasteiger partial charge in [-0.15, -0.1) is 5.06 Å². The van der Waals surface area contributed by atoms with Crippen LogP contribution in [-0.2, 0) is 46.5 Å². The van der Waals surface area contributed by atoms with E-state index in [9.17, 15) is 38.8 Å². The molecular formula is C32H30B2N4O12. The summed E-state index contributed by atoms with van der Waals surface area (Å²) in [6, 6.07) is 9.61. The van der Waals surface area contributed by atoms with Gasteiger partial charge >= 0.3 is 20.2 Å². The van der Waals surface area contributed by atoms with Gasteiger partial charge in [-0.2, -0.15) is 0 Å². The van der Waals surface area contributed by atoms with Crippen LogP contribution in [0, 0.1) is 0 Å². The van der Waals surface area contributed by atoms with E-state index in [0.29, 0.717) is 21.6 Å². The number of hydrogen-bond acceptors (Lipinski definition) is 12. The zero-order valence-electron chi connectivity index (χ0n) is 26.4. The van der Waals surface area contributed by atoms with Crippen LogP contribution in [0.5, 0.6) is 0 Å². The van der Waals surface area contributed by atoms with Crippen molar-refractivity contribution in [1.82, 2.24) is 20.6 Å². The lowest BCUT2D eigenvalue weighted by molar-refractivity contribution is -0.198. The lowest BCUT2D eigenvalue weighted by Crippen LogP contribution is -2.47. The molecule has 0 bridgehead atoms. The number of likely N-dealkylation sites (tertiary alicyclic amines) is 1. The van der Waals surface area contributed by atoms with E-state index >= 15 is 0 Å². The lowest BCUT2D eigenvalue weighted by atomic mass is 9.78. The van der Waals surface area contributed by atoms with E-state index in [-0.39, 0.29) is 55.9 Å². The number of hydrogen-bond donors (Lipinski definition) is 4. The van der Waals surface area contributed by atoms with E-state index in [1.807, 2.05) is 0 Å². The van der Waals surface area contributed by atoms with Crippen LogP contribution in [0.1, 0.15) is 69.3 Å². The molecule has 5 heterocycles. The highest BCUT2D eigenvalue weighted by molar-refractivity contribution is 6.62. The maximum atomic E-state index is 14.0. The topological polar surface area (TPSA) is 214 Å². The van der Waals surface area contributed by atoms with Gasteiger partial charge in [-0.05, 0) is 64.9 Å². The van der Waals surface area contributed by atoms with E-state index in [4.69, 9.17) is 18.6 Å². The van der Waals surface area contributed by atoms with Crippen molar-refractivity contribution in [3.8, 4) is 0 Å². The Balaban J connectivity index is 1.11. The molecule has 16 nitrogen and oxygen atoms in total. The fourth-order valence-corrected chi connectivity index (χ4v) is 6.50. The minimum atomic E-state index is -1.21. The zero-order chi connectivity index (χ0) is 35.1. The van der Waals surface area contributed by atoms with Crippen molar-refractivity contribution in [3.05, 3.63) is 82.8 Å². The first kappa shape index (κ1) is 33.2. The summed E-state index contributed by atoms with van der Waals surface area (Å²) in [6.07, 6.45) is 0.621. The SMILES string of the molecule is O=C(C[C@H](NC(=O)[C@@H]1C[C@@H](NC(=O)c2ccc3c(c2)B(O)OC3)CN1C(=O)c1ccc2c(c1)B(O)OC2)c1ccco1)ON1C(=O)CCC1=O. The van der Waals surface area contributed by atoms with Gasteiger partial charge in [0.05, 0.1) is 31.9 Å². The molecular weight excluding hydrogens is 654 g/mol. The van der Waals surface area contributed by atoms with Gasteiger partial charge in [-0.3, -0.25) is 24.0 Å². The van der Waals surface area contributed by atoms with Gasteiger partial charge in [0.2, 0.25) is 5.91 Å². The van der Waals surface area contributed by atoms with Crippen LogP contribution < -0.4 is 21.6 Å². The minimum Gasteiger partial charge on any atom is -0.467 e. The highest BCUT2D eigenvalue weighted by atomic mass is 16.7. The molecule has 4 aliphatic heterocycles. The highest BCUT2D eigenvalue weighted by Gasteiger charge is 2.43. The van der Waals surface area contributed by atoms with Gasteiger partial charge in [0.1, 0.15) is 11.8 Å². The van der Waals surface area contributed by atoms with Gasteiger partial charge in [0, 0.05) is 36.6 Å². The molecule has 2 fully saturated rings. The Morgan fingerprint density at radius 2 is 1.56 bits per heavy atom. The summed E-state index contributed by atoms with van der Waals surface area (Å²) >= 11 is 0. The van der Waals surface area contributed by atoms with Crippen LogP contribution in [0.4, 0.5) is 0 Å². The monoisotopic (exact) mass is 684 g/mol. The summed E-state index contributed by atoms with van der Waals surface area (Å²) in [5.41, 5.74) is 2.79. The van der Waals surface area contributed by atoms with Crippen LogP contribution in [0.15, 0.2) is 59.2 Å². The van der Waals surface area contributed by atoms with Gasteiger partial charge in [0.15, 0.2) is 0 Å². The normalized spacial score (nSPS) is 20.2. The largest absolute Gasteiger partial charge is 0.491 e. The fraction of sp³-hybridized carbons (Fsp3) is 0.312. The third kappa shape index (κ3) is 6.53. The number of imide groups is 1. The Kier molecular flexibility index (Phi) is 9.00. The summed E-state index contributed by atoms with van der Waals surface area (Å²) in [4.78, 5) is 84.4. The molecule has 0 unspecified atom stereocenters. The number of amides is 5. The summed E-state index contributed by atoms with van der Waals surface area (Å²) in [5, 5.41) is 26.3. The standard InChI is InChI=1S/C32H30B2N4O12/c39-27-7-8-28(40)38(27)50-29(41)13-24(26-2-1-9-47-26)36-31(43)25-12-21(35-30(42)17-3-5-19-15-48-33(45)22(19)10-17)14-37(25)32(44)18-4-6-20-16-49-34(46)23(20)11-18/h1-6,9-11,21,24-25,45-46H,7-8,12-16H2,(H,35,42)(H,36,43)/t21-,24+,25+/m1/s1. The Hall–Kier alpha value is -5.29. The number of rotatable bonds is 9. The first-order chi connectivity index (χ1) is 24.0. The first-order valence-corrected chi connectivity index (χ1v) is 15.9. The van der Waals surface area contributed by atoms with Crippen LogP contribution in [0.2, 0.25) is 0 Å². The Bertz CT molecular complexity index is 1870. The maximum absolute atomic E-state index is 14.0. The van der Waals surface area contributed by atoms with Crippen LogP contribution in [-0.4, -0.2) is 88.4 Å². The second-order valence-corrected chi connectivity index (χ2v) is 12.4. The smallest absolute Gasteiger partial charge is 0.467 e. The minimum absolute atomic E-state index is 0.0111. The molecule has 4 aliphatic rings. The summed E-state index contributed by atoms with van der Waals surface area (Å²) in [7, 11) is -2.36. The first-order valence-electron chi connectivity index (χ1n) is 15.9. The second kappa shape index (κ2) is 13.5. The number of nitrogens with zero attached hydrogens (tertiary/aromatic N) is 2. The van der Waals surface area contributed by atoms with Gasteiger partial charge in [-0.1, -0.05) is 12.1 Å². The number of furan rings is 1. The van der Waals surface area contributed by atoms with Crippen molar-refractivity contribution in [2.24, 2.45) is 0 Å². The molecule has 0 radical (unpaired) electrons. The van der Waals surface area contributed by atoms with E-state index < -0.39 is 74.3 Å². The quantitative estimate of drug-likeness (QED) is 0.151. The number of carbonyl (C=O) groups is 6. The molecule has 2 aromatic carbocycles. The molecule has 0 spiro atoms. The third-order valence-corrected chi connectivity index (χ3v) is 9.10. The molecule has 256 valence electrons. The summed E-state index contributed by atoms with van der Waals surface area (Å²) < 4.78 is 15.9. The van der Waals surface area contributed by atoms with Crippen molar-refractivity contribution in [1.29, 1.82) is 0 Å². The highest BCUT2D eigenvalue weighted by Crippen LogP contribution is 2.26. The second-order valence-electron chi connectivity index (χ2n) is 12.4. The van der Waals surface area contributed by atoms with Gasteiger partial charge in [-0.25, -0.2) is 4.79 Å². The van der Waals surface area contributed by atoms with E-state index in [0.717, 1.165) is 5.56 Å². The average Bonchev–Trinajstić information content (AvgIpc) is 3.95. The van der Waals surface area contributed by atoms with Crippen molar-refractivity contribution in [2.45, 2.75) is 57.0 Å². The predicted octanol–water partition coefficient (Wildman–Crippen LogP) is -1.42. The van der Waals surface area contributed by atoms with Gasteiger partial charge < -0.3 is 44.1 Å². The number of carbonyl (C=O) groups excluding carboxylic acids is 6. The Labute approximate surface area is 284 Å². The Morgan fingerprint density at radius 3 is 2.20 bits per heavy atom. The van der Waals surface area contributed by atoms with E-state index in [2.05, 4.69) is 10.6 Å².